The van der Waals surface area contributed by atoms with E-state index in [0.717, 1.165) is 17.3 Å². The molecule has 0 bridgehead atoms. The Morgan fingerprint density at radius 3 is 2.81 bits per heavy atom. The largest absolute Gasteiger partial charge is 0.479 e. The van der Waals surface area contributed by atoms with Gasteiger partial charge in [-0.2, -0.15) is 0 Å². The summed E-state index contributed by atoms with van der Waals surface area (Å²) < 4.78 is 6.55. The minimum atomic E-state index is -0.499. The van der Waals surface area contributed by atoms with Crippen LogP contribution in [0.15, 0.2) is 46.9 Å². The van der Waals surface area contributed by atoms with Crippen molar-refractivity contribution in [3.05, 3.63) is 52.5 Å². The molecule has 2 aromatic rings. The van der Waals surface area contributed by atoms with Crippen molar-refractivity contribution >= 4 is 39.1 Å². The van der Waals surface area contributed by atoms with Crippen LogP contribution in [0.25, 0.3) is 0 Å². The Morgan fingerprint density at radius 2 is 2.08 bits per heavy atom. The molecule has 26 heavy (non-hydrogen) atoms. The van der Waals surface area contributed by atoms with Crippen LogP contribution < -0.4 is 15.0 Å². The Labute approximate surface area is 161 Å². The highest BCUT2D eigenvalue weighted by Crippen LogP contribution is 2.36. The summed E-state index contributed by atoms with van der Waals surface area (Å²) in [6, 6.07) is 12.6. The zero-order valence-corrected chi connectivity index (χ0v) is 16.4. The molecule has 0 spiro atoms. The number of anilines is 2. The van der Waals surface area contributed by atoms with Gasteiger partial charge in [0.2, 0.25) is 0 Å². The molecule has 1 N–H and O–H groups in total. The lowest BCUT2D eigenvalue weighted by molar-refractivity contribution is -0.125. The van der Waals surface area contributed by atoms with Crippen molar-refractivity contribution in [2.24, 2.45) is 0 Å². The lowest BCUT2D eigenvalue weighted by atomic mass is 10.1. The molecular weight excluding hydrogens is 396 g/mol. The van der Waals surface area contributed by atoms with Crippen molar-refractivity contribution in [3.63, 3.8) is 0 Å². The molecular formula is C20H21BrN2O3. The molecule has 1 atom stereocenters. The monoisotopic (exact) mass is 416 g/mol. The third-order valence-electron chi connectivity index (χ3n) is 4.25. The Morgan fingerprint density at radius 1 is 1.27 bits per heavy atom. The standard InChI is InChI=1S/C20H21BrN2O3/c1-3-4-10-23-17-12-16(8-9-18(17)26-13(2)20(23)25)22-19(24)14-6-5-7-15(21)11-14/h5-9,11-13H,3-4,10H2,1-2H3,(H,22,24). The third-order valence-corrected chi connectivity index (χ3v) is 4.74. The average Bonchev–Trinajstić information content (AvgIpc) is 2.62. The van der Waals surface area contributed by atoms with Crippen LogP contribution in [0.5, 0.6) is 5.75 Å². The van der Waals surface area contributed by atoms with Crippen LogP contribution in [0.4, 0.5) is 11.4 Å². The number of fused-ring (bicyclic) bond motifs is 1. The van der Waals surface area contributed by atoms with Crippen LogP contribution in [-0.2, 0) is 4.79 Å². The summed E-state index contributed by atoms with van der Waals surface area (Å²) >= 11 is 3.37. The molecule has 0 fully saturated rings. The summed E-state index contributed by atoms with van der Waals surface area (Å²) in [5.41, 5.74) is 1.88. The minimum Gasteiger partial charge on any atom is -0.479 e. The first-order valence-electron chi connectivity index (χ1n) is 8.68. The van der Waals surface area contributed by atoms with Gasteiger partial charge in [0.15, 0.2) is 6.10 Å². The second-order valence-electron chi connectivity index (χ2n) is 6.25. The number of rotatable bonds is 5. The second-order valence-corrected chi connectivity index (χ2v) is 7.17. The van der Waals surface area contributed by atoms with Gasteiger partial charge in [-0.3, -0.25) is 9.59 Å². The number of ether oxygens (including phenoxy) is 1. The molecule has 1 unspecified atom stereocenters. The van der Waals surface area contributed by atoms with E-state index >= 15 is 0 Å². The van der Waals surface area contributed by atoms with Gasteiger partial charge in [-0.15, -0.1) is 0 Å². The fourth-order valence-corrected chi connectivity index (χ4v) is 3.26. The van der Waals surface area contributed by atoms with Crippen LogP contribution in [0.3, 0.4) is 0 Å². The molecule has 0 saturated carbocycles. The summed E-state index contributed by atoms with van der Waals surface area (Å²) in [5.74, 6) is 0.401. The van der Waals surface area contributed by atoms with Gasteiger partial charge in [0.25, 0.3) is 11.8 Å². The highest BCUT2D eigenvalue weighted by molar-refractivity contribution is 9.10. The lowest BCUT2D eigenvalue weighted by Gasteiger charge is -2.33. The van der Waals surface area contributed by atoms with Gasteiger partial charge in [-0.25, -0.2) is 0 Å². The number of hydrogen-bond donors (Lipinski definition) is 1. The minimum absolute atomic E-state index is 0.0542. The third kappa shape index (κ3) is 3.90. The summed E-state index contributed by atoms with van der Waals surface area (Å²) in [6.07, 6.45) is 1.40. The first-order chi connectivity index (χ1) is 12.5. The van der Waals surface area contributed by atoms with Gasteiger partial charge in [0.1, 0.15) is 5.75 Å². The van der Waals surface area contributed by atoms with Crippen molar-refractivity contribution in [1.82, 2.24) is 0 Å². The SMILES string of the molecule is CCCCN1C(=O)C(C)Oc2ccc(NC(=O)c3cccc(Br)c3)cc21. The quantitative estimate of drug-likeness (QED) is 0.773. The van der Waals surface area contributed by atoms with Gasteiger partial charge in [-0.1, -0.05) is 35.3 Å². The topological polar surface area (TPSA) is 58.6 Å². The smallest absolute Gasteiger partial charge is 0.267 e. The average molecular weight is 417 g/mol. The number of nitrogens with one attached hydrogen (secondary N) is 1. The molecule has 3 rings (SSSR count). The number of unbranched alkanes of at least 4 members (excludes halogenated alkanes) is 1. The highest BCUT2D eigenvalue weighted by atomic mass is 79.9. The Kier molecular flexibility index (Phi) is 5.61. The summed E-state index contributed by atoms with van der Waals surface area (Å²) in [6.45, 7) is 4.48. The number of benzene rings is 2. The van der Waals surface area contributed by atoms with Crippen LogP contribution in [0.2, 0.25) is 0 Å². The molecule has 0 saturated heterocycles. The number of carbonyl (C=O) groups is 2. The van der Waals surface area contributed by atoms with Crippen molar-refractivity contribution in [3.8, 4) is 5.75 Å². The number of carbonyl (C=O) groups excluding carboxylic acids is 2. The van der Waals surface area contributed by atoms with Crippen LogP contribution >= 0.6 is 15.9 Å². The van der Waals surface area contributed by atoms with Crippen LogP contribution in [-0.4, -0.2) is 24.5 Å². The van der Waals surface area contributed by atoms with Crippen LogP contribution in [0.1, 0.15) is 37.0 Å². The molecule has 0 aliphatic carbocycles. The fraction of sp³-hybridized carbons (Fsp3) is 0.300. The lowest BCUT2D eigenvalue weighted by Crippen LogP contribution is -2.44. The maximum Gasteiger partial charge on any atom is 0.267 e. The summed E-state index contributed by atoms with van der Waals surface area (Å²) in [7, 11) is 0. The van der Waals surface area contributed by atoms with E-state index < -0.39 is 6.10 Å². The van der Waals surface area contributed by atoms with Crippen molar-refractivity contribution < 1.29 is 14.3 Å². The molecule has 2 amide bonds. The maximum atomic E-state index is 12.5. The zero-order valence-electron chi connectivity index (χ0n) is 14.8. The van der Waals surface area contributed by atoms with E-state index in [1.807, 2.05) is 12.1 Å². The first kappa shape index (κ1) is 18.5. The number of halogens is 1. The molecule has 5 nitrogen and oxygen atoms in total. The van der Waals surface area contributed by atoms with E-state index in [2.05, 4.69) is 28.2 Å². The van der Waals surface area contributed by atoms with Gasteiger partial charge in [-0.05, 0) is 49.7 Å². The molecule has 2 aromatic carbocycles. The molecule has 0 aromatic heterocycles. The summed E-state index contributed by atoms with van der Waals surface area (Å²) in [5, 5.41) is 2.88. The van der Waals surface area contributed by atoms with E-state index in [0.29, 0.717) is 29.2 Å². The second kappa shape index (κ2) is 7.91. The fourth-order valence-electron chi connectivity index (χ4n) is 2.86. The Hall–Kier alpha value is -2.34. The Bertz CT molecular complexity index is 838. The molecule has 1 aliphatic heterocycles. The van der Waals surface area contributed by atoms with Gasteiger partial charge in [0, 0.05) is 22.3 Å². The zero-order chi connectivity index (χ0) is 18.7. The van der Waals surface area contributed by atoms with Crippen molar-refractivity contribution in [2.45, 2.75) is 32.8 Å². The van der Waals surface area contributed by atoms with E-state index in [-0.39, 0.29) is 11.8 Å². The summed E-state index contributed by atoms with van der Waals surface area (Å²) in [4.78, 5) is 26.7. The molecule has 0 radical (unpaired) electrons. The van der Waals surface area contributed by atoms with E-state index in [1.54, 1.807) is 42.2 Å². The maximum absolute atomic E-state index is 12.5. The van der Waals surface area contributed by atoms with E-state index in [1.165, 1.54) is 0 Å². The number of hydrogen-bond acceptors (Lipinski definition) is 3. The normalized spacial score (nSPS) is 16.0. The number of amides is 2. The predicted octanol–water partition coefficient (Wildman–Crippen LogP) is 4.62. The van der Waals surface area contributed by atoms with Crippen molar-refractivity contribution in [2.75, 3.05) is 16.8 Å². The number of nitrogens with zero attached hydrogens (tertiary/aromatic N) is 1. The predicted molar refractivity (Wildman–Crippen MR) is 106 cm³/mol. The van der Waals surface area contributed by atoms with Gasteiger partial charge < -0.3 is 15.0 Å². The van der Waals surface area contributed by atoms with Crippen LogP contribution in [0, 0.1) is 0 Å². The van der Waals surface area contributed by atoms with Gasteiger partial charge >= 0.3 is 0 Å². The van der Waals surface area contributed by atoms with E-state index in [4.69, 9.17) is 4.74 Å². The van der Waals surface area contributed by atoms with E-state index in [9.17, 15) is 9.59 Å². The molecule has 1 heterocycles. The van der Waals surface area contributed by atoms with Crippen molar-refractivity contribution in [1.29, 1.82) is 0 Å². The molecule has 136 valence electrons. The first-order valence-corrected chi connectivity index (χ1v) is 9.48. The molecule has 6 heteroatoms. The molecule has 1 aliphatic rings. The highest BCUT2D eigenvalue weighted by Gasteiger charge is 2.31. The Balaban J connectivity index is 1.86. The van der Waals surface area contributed by atoms with Gasteiger partial charge in [0.05, 0.1) is 5.69 Å².